The Morgan fingerprint density at radius 1 is 0.964 bits per heavy atom. The van der Waals surface area contributed by atoms with E-state index >= 15 is 0 Å². The average molecular weight is 396 g/mol. The van der Waals surface area contributed by atoms with Gasteiger partial charge in [0.1, 0.15) is 17.2 Å². The molecule has 144 valence electrons. The first-order chi connectivity index (χ1) is 13.6. The molecule has 0 atom stereocenters. The number of aromatic nitrogens is 1. The van der Waals surface area contributed by atoms with Gasteiger partial charge in [0.05, 0.1) is 27.0 Å². The smallest absolute Gasteiger partial charge is 0.257 e. The molecule has 1 aromatic heterocycles. The van der Waals surface area contributed by atoms with Crippen LogP contribution in [-0.2, 0) is 12.8 Å². The number of carbonyl (C=O) groups is 1. The Bertz CT molecular complexity index is 1020. The van der Waals surface area contributed by atoms with Gasteiger partial charge in [-0.05, 0) is 48.7 Å². The predicted octanol–water partition coefficient (Wildman–Crippen LogP) is 4.19. The van der Waals surface area contributed by atoms with Crippen LogP contribution in [0.1, 0.15) is 20.8 Å². The minimum Gasteiger partial charge on any atom is -0.497 e. The van der Waals surface area contributed by atoms with E-state index in [0.29, 0.717) is 22.2 Å². The van der Waals surface area contributed by atoms with Crippen molar-refractivity contribution >= 4 is 22.4 Å². The highest BCUT2D eigenvalue weighted by molar-refractivity contribution is 7.16. The van der Waals surface area contributed by atoms with Crippen LogP contribution in [0.3, 0.4) is 0 Å². The zero-order valence-corrected chi connectivity index (χ0v) is 16.7. The van der Waals surface area contributed by atoms with E-state index in [1.807, 2.05) is 12.1 Å². The maximum absolute atomic E-state index is 12.7. The minimum absolute atomic E-state index is 0.252. The summed E-state index contributed by atoms with van der Waals surface area (Å²) in [5.41, 5.74) is 3.70. The molecule has 6 nitrogen and oxygen atoms in total. The number of carbonyl (C=O) groups excluding carboxylic acids is 1. The number of benzene rings is 2. The Labute approximate surface area is 167 Å². The van der Waals surface area contributed by atoms with E-state index in [0.717, 1.165) is 29.8 Å². The molecular weight excluding hydrogens is 376 g/mol. The van der Waals surface area contributed by atoms with E-state index in [1.165, 1.54) is 21.8 Å². The van der Waals surface area contributed by atoms with E-state index < -0.39 is 0 Å². The molecule has 0 saturated heterocycles. The van der Waals surface area contributed by atoms with Crippen molar-refractivity contribution in [3.8, 4) is 28.5 Å². The number of aryl methyl sites for hydroxylation is 2. The standard InChI is InChI=1S/C21H20N2O4S/c1-25-14-5-6-17-12(8-14)4-7-18-19(17)22-21(28-18)23-20(24)13-9-15(26-2)11-16(10-13)27-3/h5-6,8-11H,4,7H2,1-3H3,(H,22,23,24). The lowest BCUT2D eigenvalue weighted by molar-refractivity contribution is 0.102. The van der Waals surface area contributed by atoms with Crippen LogP contribution in [-0.4, -0.2) is 32.2 Å². The van der Waals surface area contributed by atoms with E-state index in [1.54, 1.807) is 39.5 Å². The monoisotopic (exact) mass is 396 g/mol. The van der Waals surface area contributed by atoms with Gasteiger partial charge in [0.25, 0.3) is 5.91 Å². The molecule has 0 bridgehead atoms. The molecule has 28 heavy (non-hydrogen) atoms. The van der Waals surface area contributed by atoms with Crippen LogP contribution in [0.15, 0.2) is 36.4 Å². The Morgan fingerprint density at radius 3 is 2.36 bits per heavy atom. The van der Waals surface area contributed by atoms with Gasteiger partial charge in [0.2, 0.25) is 0 Å². The number of fused-ring (bicyclic) bond motifs is 3. The number of methoxy groups -OCH3 is 3. The molecule has 3 aromatic rings. The molecule has 7 heteroatoms. The van der Waals surface area contributed by atoms with Crippen LogP contribution in [0.2, 0.25) is 0 Å². The lowest BCUT2D eigenvalue weighted by atomic mass is 9.93. The summed E-state index contributed by atoms with van der Waals surface area (Å²) >= 11 is 1.51. The number of hydrogen-bond acceptors (Lipinski definition) is 6. The van der Waals surface area contributed by atoms with Gasteiger partial charge < -0.3 is 14.2 Å². The Kier molecular flexibility index (Phi) is 4.92. The van der Waals surface area contributed by atoms with Gasteiger partial charge in [-0.25, -0.2) is 4.98 Å². The fourth-order valence-corrected chi connectivity index (χ4v) is 4.25. The van der Waals surface area contributed by atoms with Crippen LogP contribution in [0.25, 0.3) is 11.3 Å². The molecule has 1 aliphatic carbocycles. The van der Waals surface area contributed by atoms with Gasteiger partial charge in [-0.3, -0.25) is 10.1 Å². The minimum atomic E-state index is -0.252. The summed E-state index contributed by atoms with van der Waals surface area (Å²) in [4.78, 5) is 18.6. The summed E-state index contributed by atoms with van der Waals surface area (Å²) in [6, 6.07) is 11.1. The number of rotatable bonds is 5. The average Bonchev–Trinajstić information content (AvgIpc) is 3.15. The number of hydrogen-bond donors (Lipinski definition) is 1. The van der Waals surface area contributed by atoms with Gasteiger partial charge in [0, 0.05) is 22.1 Å². The first-order valence-electron chi connectivity index (χ1n) is 8.82. The van der Waals surface area contributed by atoms with Crippen LogP contribution >= 0.6 is 11.3 Å². The van der Waals surface area contributed by atoms with Gasteiger partial charge in [-0.1, -0.05) is 0 Å². The quantitative estimate of drug-likeness (QED) is 0.700. The molecule has 1 heterocycles. The molecule has 0 unspecified atom stereocenters. The molecule has 0 fully saturated rings. The number of nitrogens with one attached hydrogen (secondary N) is 1. The molecule has 0 radical (unpaired) electrons. The van der Waals surface area contributed by atoms with Crippen molar-refractivity contribution in [2.75, 3.05) is 26.6 Å². The highest BCUT2D eigenvalue weighted by Crippen LogP contribution is 2.39. The number of nitrogens with zero attached hydrogens (tertiary/aromatic N) is 1. The largest absolute Gasteiger partial charge is 0.497 e. The molecule has 0 aliphatic heterocycles. The second kappa shape index (κ2) is 7.52. The summed E-state index contributed by atoms with van der Waals surface area (Å²) in [7, 11) is 4.77. The zero-order valence-electron chi connectivity index (χ0n) is 15.9. The molecule has 4 rings (SSSR count). The van der Waals surface area contributed by atoms with Crippen molar-refractivity contribution in [1.29, 1.82) is 0 Å². The number of ether oxygens (including phenoxy) is 3. The van der Waals surface area contributed by atoms with Crippen molar-refractivity contribution in [3.05, 3.63) is 52.4 Å². The van der Waals surface area contributed by atoms with E-state index in [9.17, 15) is 4.79 Å². The van der Waals surface area contributed by atoms with E-state index in [4.69, 9.17) is 14.2 Å². The van der Waals surface area contributed by atoms with Crippen molar-refractivity contribution in [2.24, 2.45) is 0 Å². The second-order valence-corrected chi connectivity index (χ2v) is 7.45. The Balaban J connectivity index is 1.61. The van der Waals surface area contributed by atoms with Crippen LogP contribution in [0, 0.1) is 0 Å². The second-order valence-electron chi connectivity index (χ2n) is 6.37. The van der Waals surface area contributed by atoms with E-state index in [-0.39, 0.29) is 5.91 Å². The number of amides is 1. The third kappa shape index (κ3) is 3.41. The van der Waals surface area contributed by atoms with Crippen LogP contribution in [0.4, 0.5) is 5.13 Å². The normalized spacial score (nSPS) is 12.0. The molecule has 1 N–H and O–H groups in total. The first-order valence-corrected chi connectivity index (χ1v) is 9.64. The third-order valence-electron chi connectivity index (χ3n) is 4.72. The summed E-state index contributed by atoms with van der Waals surface area (Å²) < 4.78 is 15.8. The molecular formula is C21H20N2O4S. The van der Waals surface area contributed by atoms with Gasteiger partial charge >= 0.3 is 0 Å². The highest BCUT2D eigenvalue weighted by atomic mass is 32.1. The molecule has 2 aromatic carbocycles. The lowest BCUT2D eigenvalue weighted by Gasteiger charge is -2.15. The SMILES string of the molecule is COc1cc(OC)cc(C(=O)Nc2nc3c(s2)CCc2cc(OC)ccc2-3)c1. The zero-order chi connectivity index (χ0) is 19.7. The molecule has 1 amide bonds. The first kappa shape index (κ1) is 18.3. The summed E-state index contributed by atoms with van der Waals surface area (Å²) in [6.07, 6.45) is 1.83. The summed E-state index contributed by atoms with van der Waals surface area (Å²) in [5, 5.41) is 3.49. The van der Waals surface area contributed by atoms with Crippen molar-refractivity contribution in [1.82, 2.24) is 4.98 Å². The van der Waals surface area contributed by atoms with Crippen molar-refractivity contribution < 1.29 is 19.0 Å². The molecule has 1 aliphatic rings. The topological polar surface area (TPSA) is 69.7 Å². The van der Waals surface area contributed by atoms with Crippen LogP contribution in [0.5, 0.6) is 17.2 Å². The fraction of sp³-hybridized carbons (Fsp3) is 0.238. The fourth-order valence-electron chi connectivity index (χ4n) is 3.28. The molecule has 0 saturated carbocycles. The number of anilines is 1. The van der Waals surface area contributed by atoms with Gasteiger partial charge in [-0.15, -0.1) is 11.3 Å². The Hall–Kier alpha value is -3.06. The van der Waals surface area contributed by atoms with Crippen LogP contribution < -0.4 is 19.5 Å². The maximum Gasteiger partial charge on any atom is 0.257 e. The van der Waals surface area contributed by atoms with Crippen molar-refractivity contribution in [3.63, 3.8) is 0 Å². The van der Waals surface area contributed by atoms with Gasteiger partial charge in [0.15, 0.2) is 5.13 Å². The van der Waals surface area contributed by atoms with Crippen molar-refractivity contribution in [2.45, 2.75) is 12.8 Å². The maximum atomic E-state index is 12.7. The Morgan fingerprint density at radius 2 is 1.68 bits per heavy atom. The number of thiazole rings is 1. The highest BCUT2D eigenvalue weighted by Gasteiger charge is 2.22. The van der Waals surface area contributed by atoms with Gasteiger partial charge in [-0.2, -0.15) is 0 Å². The third-order valence-corrected chi connectivity index (χ3v) is 5.75. The predicted molar refractivity (Wildman–Crippen MR) is 109 cm³/mol. The summed E-state index contributed by atoms with van der Waals surface area (Å²) in [6.45, 7) is 0. The summed E-state index contributed by atoms with van der Waals surface area (Å²) in [5.74, 6) is 1.72. The molecule has 0 spiro atoms. The van der Waals surface area contributed by atoms with E-state index in [2.05, 4.69) is 16.4 Å². The lowest BCUT2D eigenvalue weighted by Crippen LogP contribution is -2.12.